The molecule has 0 aliphatic rings. The summed E-state index contributed by atoms with van der Waals surface area (Å²) in [4.78, 5) is 17.8. The van der Waals surface area contributed by atoms with Crippen LogP contribution in [0.2, 0.25) is 0 Å². The van der Waals surface area contributed by atoms with Crippen molar-refractivity contribution in [2.45, 2.75) is 19.8 Å². The van der Waals surface area contributed by atoms with Crippen molar-refractivity contribution in [3.63, 3.8) is 0 Å². The summed E-state index contributed by atoms with van der Waals surface area (Å²) in [5.41, 5.74) is 2.47. The first-order chi connectivity index (χ1) is 8.68. The Morgan fingerprint density at radius 3 is 2.83 bits per heavy atom. The van der Waals surface area contributed by atoms with E-state index in [1.165, 1.54) is 22.5 Å². The molecule has 0 saturated carbocycles. The van der Waals surface area contributed by atoms with Gasteiger partial charge in [0, 0.05) is 25.0 Å². The summed E-state index contributed by atoms with van der Waals surface area (Å²) >= 11 is 1.48. The summed E-state index contributed by atoms with van der Waals surface area (Å²) < 4.78 is 0. The molecule has 1 heterocycles. The highest BCUT2D eigenvalue weighted by molar-refractivity contribution is 7.13. The van der Waals surface area contributed by atoms with E-state index in [-0.39, 0.29) is 5.91 Å². The Morgan fingerprint density at radius 2 is 2.17 bits per heavy atom. The zero-order valence-corrected chi connectivity index (χ0v) is 11.4. The molecule has 94 valence electrons. The van der Waals surface area contributed by atoms with Crippen molar-refractivity contribution < 1.29 is 4.79 Å². The predicted octanol–water partition coefficient (Wildman–Crippen LogP) is 3.05. The molecule has 18 heavy (non-hydrogen) atoms. The van der Waals surface area contributed by atoms with Crippen molar-refractivity contribution in [1.82, 2.24) is 4.98 Å². The molecule has 2 rings (SSSR count). The lowest BCUT2D eigenvalue weighted by Gasteiger charge is -2.14. The second kappa shape index (κ2) is 5.78. The maximum Gasteiger partial charge on any atom is 0.228 e. The normalized spacial score (nSPS) is 10.3. The van der Waals surface area contributed by atoms with Gasteiger partial charge in [0.1, 0.15) is 0 Å². The van der Waals surface area contributed by atoms with Gasteiger partial charge in [-0.25, -0.2) is 4.98 Å². The highest BCUT2D eigenvalue weighted by Gasteiger charge is 2.13. The van der Waals surface area contributed by atoms with Crippen LogP contribution in [0.25, 0.3) is 0 Å². The van der Waals surface area contributed by atoms with E-state index in [0.717, 1.165) is 11.6 Å². The number of amides is 1. The summed E-state index contributed by atoms with van der Waals surface area (Å²) in [5.74, 6) is 0.105. The lowest BCUT2D eigenvalue weighted by Crippen LogP contribution is -2.26. The van der Waals surface area contributed by atoms with Crippen molar-refractivity contribution in [2.24, 2.45) is 0 Å². The molecule has 4 heteroatoms. The van der Waals surface area contributed by atoms with Crippen LogP contribution in [-0.4, -0.2) is 17.9 Å². The van der Waals surface area contributed by atoms with E-state index in [2.05, 4.69) is 24.0 Å². The first kappa shape index (κ1) is 12.8. The highest BCUT2D eigenvalue weighted by Crippen LogP contribution is 2.17. The fourth-order valence-electron chi connectivity index (χ4n) is 1.79. The maximum atomic E-state index is 12.0. The van der Waals surface area contributed by atoms with Gasteiger partial charge in [0.25, 0.3) is 0 Å². The SMILES string of the molecule is Cc1ccccc1CCC(=O)N(C)c1nccs1. The molecule has 0 spiro atoms. The number of carbonyl (C=O) groups is 1. The van der Waals surface area contributed by atoms with Crippen LogP contribution in [0.15, 0.2) is 35.8 Å². The minimum Gasteiger partial charge on any atom is -0.291 e. The van der Waals surface area contributed by atoms with E-state index in [0.29, 0.717) is 6.42 Å². The number of benzene rings is 1. The molecule has 3 nitrogen and oxygen atoms in total. The van der Waals surface area contributed by atoms with Crippen LogP contribution >= 0.6 is 11.3 Å². The molecule has 0 aliphatic carbocycles. The van der Waals surface area contributed by atoms with Crippen molar-refractivity contribution in [1.29, 1.82) is 0 Å². The third kappa shape index (κ3) is 2.96. The predicted molar refractivity (Wildman–Crippen MR) is 75.0 cm³/mol. The average Bonchev–Trinajstić information content (AvgIpc) is 2.90. The first-order valence-electron chi connectivity index (χ1n) is 5.89. The van der Waals surface area contributed by atoms with E-state index in [1.54, 1.807) is 18.1 Å². The van der Waals surface area contributed by atoms with E-state index >= 15 is 0 Å². The number of aromatic nitrogens is 1. The standard InChI is InChI=1S/C14H16N2OS/c1-11-5-3-4-6-12(11)7-8-13(17)16(2)14-15-9-10-18-14/h3-6,9-10H,7-8H2,1-2H3. The largest absolute Gasteiger partial charge is 0.291 e. The fraction of sp³-hybridized carbons (Fsp3) is 0.286. The Morgan fingerprint density at radius 1 is 1.39 bits per heavy atom. The molecule has 1 amide bonds. The summed E-state index contributed by atoms with van der Waals surface area (Å²) in [5, 5.41) is 2.63. The Hall–Kier alpha value is -1.68. The Bertz CT molecular complexity index is 522. The topological polar surface area (TPSA) is 33.2 Å². The molecule has 2 aromatic rings. The first-order valence-corrected chi connectivity index (χ1v) is 6.77. The Labute approximate surface area is 111 Å². The molecule has 0 atom stereocenters. The van der Waals surface area contributed by atoms with Crippen LogP contribution in [0.3, 0.4) is 0 Å². The summed E-state index contributed by atoms with van der Waals surface area (Å²) in [7, 11) is 1.78. The fourth-order valence-corrected chi connectivity index (χ4v) is 2.41. The van der Waals surface area contributed by atoms with Crippen LogP contribution in [0.5, 0.6) is 0 Å². The molecule has 0 N–H and O–H groups in total. The molecule has 0 aliphatic heterocycles. The summed E-state index contributed by atoms with van der Waals surface area (Å²) in [6.45, 7) is 2.07. The van der Waals surface area contributed by atoms with Gasteiger partial charge in [-0.1, -0.05) is 24.3 Å². The average molecular weight is 260 g/mol. The van der Waals surface area contributed by atoms with Gasteiger partial charge >= 0.3 is 0 Å². The molecular weight excluding hydrogens is 244 g/mol. The van der Waals surface area contributed by atoms with Gasteiger partial charge in [-0.3, -0.25) is 9.69 Å². The molecule has 0 bridgehead atoms. The number of thiazole rings is 1. The van der Waals surface area contributed by atoms with Crippen LogP contribution in [0.4, 0.5) is 5.13 Å². The number of aryl methyl sites for hydroxylation is 2. The van der Waals surface area contributed by atoms with Gasteiger partial charge < -0.3 is 0 Å². The van der Waals surface area contributed by atoms with Gasteiger partial charge in [0.2, 0.25) is 5.91 Å². The number of carbonyl (C=O) groups excluding carboxylic acids is 1. The van der Waals surface area contributed by atoms with Crippen molar-refractivity contribution in [3.05, 3.63) is 47.0 Å². The van der Waals surface area contributed by atoms with E-state index < -0.39 is 0 Å². The number of anilines is 1. The lowest BCUT2D eigenvalue weighted by molar-refractivity contribution is -0.118. The maximum absolute atomic E-state index is 12.0. The third-order valence-electron chi connectivity index (χ3n) is 2.95. The summed E-state index contributed by atoms with van der Waals surface area (Å²) in [6.07, 6.45) is 3.01. The smallest absolute Gasteiger partial charge is 0.228 e. The Kier molecular flexibility index (Phi) is 4.10. The molecule has 0 fully saturated rings. The zero-order chi connectivity index (χ0) is 13.0. The molecule has 1 aromatic carbocycles. The lowest BCUT2D eigenvalue weighted by atomic mass is 10.0. The van der Waals surface area contributed by atoms with Gasteiger partial charge in [0.05, 0.1) is 0 Å². The number of hydrogen-bond acceptors (Lipinski definition) is 3. The van der Waals surface area contributed by atoms with Gasteiger partial charge in [0.15, 0.2) is 5.13 Å². The second-order valence-electron chi connectivity index (χ2n) is 4.19. The molecule has 0 unspecified atom stereocenters. The van der Waals surface area contributed by atoms with Crippen molar-refractivity contribution in [2.75, 3.05) is 11.9 Å². The van der Waals surface area contributed by atoms with E-state index in [4.69, 9.17) is 0 Å². The van der Waals surface area contributed by atoms with Crippen LogP contribution in [0.1, 0.15) is 17.5 Å². The second-order valence-corrected chi connectivity index (χ2v) is 5.07. The van der Waals surface area contributed by atoms with E-state index in [1.807, 2.05) is 17.5 Å². The van der Waals surface area contributed by atoms with Gasteiger partial charge in [-0.2, -0.15) is 0 Å². The van der Waals surface area contributed by atoms with Crippen LogP contribution in [0, 0.1) is 6.92 Å². The van der Waals surface area contributed by atoms with Gasteiger partial charge in [-0.15, -0.1) is 11.3 Å². The van der Waals surface area contributed by atoms with Crippen molar-refractivity contribution in [3.8, 4) is 0 Å². The zero-order valence-electron chi connectivity index (χ0n) is 10.6. The molecule has 1 aromatic heterocycles. The van der Waals surface area contributed by atoms with Crippen LogP contribution < -0.4 is 4.90 Å². The minimum atomic E-state index is 0.105. The number of hydrogen-bond donors (Lipinski definition) is 0. The molecule has 0 radical (unpaired) electrons. The minimum absolute atomic E-state index is 0.105. The molecular formula is C14H16N2OS. The van der Waals surface area contributed by atoms with Gasteiger partial charge in [-0.05, 0) is 24.5 Å². The quantitative estimate of drug-likeness (QED) is 0.846. The van der Waals surface area contributed by atoms with E-state index in [9.17, 15) is 4.79 Å². The molecule has 0 saturated heterocycles. The summed E-state index contributed by atoms with van der Waals surface area (Å²) in [6, 6.07) is 8.18. The third-order valence-corrected chi connectivity index (χ3v) is 3.80. The number of rotatable bonds is 4. The van der Waals surface area contributed by atoms with Crippen LogP contribution in [-0.2, 0) is 11.2 Å². The number of nitrogens with zero attached hydrogens (tertiary/aromatic N) is 2. The highest BCUT2D eigenvalue weighted by atomic mass is 32.1. The monoisotopic (exact) mass is 260 g/mol. The Balaban J connectivity index is 1.95. The van der Waals surface area contributed by atoms with Crippen molar-refractivity contribution >= 4 is 22.4 Å².